The second kappa shape index (κ2) is 6.44. The number of nitrogens with zero attached hydrogens (tertiary/aromatic N) is 2. The van der Waals surface area contributed by atoms with Gasteiger partial charge in [-0.25, -0.2) is 0 Å². The number of hydrogen-bond donors (Lipinski definition) is 0. The zero-order valence-electron chi connectivity index (χ0n) is 13.3. The van der Waals surface area contributed by atoms with E-state index < -0.39 is 17.3 Å². The molecule has 2 rings (SSSR count). The lowest BCUT2D eigenvalue weighted by atomic mass is 10.1. The van der Waals surface area contributed by atoms with Crippen LogP contribution in [0.5, 0.6) is 0 Å². The van der Waals surface area contributed by atoms with Gasteiger partial charge in [0.1, 0.15) is 0 Å². The minimum atomic E-state index is -4.48. The van der Waals surface area contributed by atoms with E-state index in [1.165, 1.54) is 10.8 Å². The number of halogens is 3. The monoisotopic (exact) mass is 316 g/mol. The molecule has 0 aliphatic carbocycles. The van der Waals surface area contributed by atoms with Crippen molar-refractivity contribution in [1.29, 1.82) is 0 Å². The summed E-state index contributed by atoms with van der Waals surface area (Å²) in [5, 5.41) is 0. The van der Waals surface area contributed by atoms with Crippen molar-refractivity contribution in [3.8, 4) is 0 Å². The average molecular weight is 316 g/mol. The Balaban J connectivity index is 2.26. The van der Waals surface area contributed by atoms with Gasteiger partial charge in [0.2, 0.25) is 0 Å². The van der Waals surface area contributed by atoms with Crippen molar-refractivity contribution in [2.45, 2.75) is 45.8 Å². The van der Waals surface area contributed by atoms with E-state index in [2.05, 4.69) is 11.8 Å². The Labute approximate surface area is 128 Å². The van der Waals surface area contributed by atoms with Gasteiger partial charge in [-0.05, 0) is 44.7 Å². The molecule has 0 N–H and O–H groups in total. The quantitative estimate of drug-likeness (QED) is 0.851. The molecule has 0 amide bonds. The molecular weight excluding hydrogens is 293 g/mol. The zero-order chi connectivity index (χ0) is 16.5. The third-order valence-corrected chi connectivity index (χ3v) is 4.23. The van der Waals surface area contributed by atoms with Crippen LogP contribution < -0.4 is 5.56 Å². The topological polar surface area (TPSA) is 25.2 Å². The molecule has 1 unspecified atom stereocenters. The molecule has 0 spiro atoms. The maximum Gasteiger partial charge on any atom is 0.416 e. The van der Waals surface area contributed by atoms with Crippen LogP contribution in [-0.2, 0) is 12.6 Å². The fourth-order valence-corrected chi connectivity index (χ4v) is 2.97. The predicted octanol–water partition coefficient (Wildman–Crippen LogP) is 3.33. The van der Waals surface area contributed by atoms with Crippen molar-refractivity contribution in [2.75, 3.05) is 19.6 Å². The minimum absolute atomic E-state index is 0.152. The fraction of sp³-hybridized carbons (Fsp3) is 0.688. The molecular formula is C16H23F3N2O. The Morgan fingerprint density at radius 1 is 1.36 bits per heavy atom. The minimum Gasteiger partial charge on any atom is -0.313 e. The number of rotatable bonds is 4. The van der Waals surface area contributed by atoms with Crippen LogP contribution >= 0.6 is 0 Å². The van der Waals surface area contributed by atoms with Gasteiger partial charge in [-0.1, -0.05) is 6.92 Å². The van der Waals surface area contributed by atoms with E-state index in [0.29, 0.717) is 18.9 Å². The maximum absolute atomic E-state index is 13.2. The first-order valence-electron chi connectivity index (χ1n) is 7.73. The smallest absolute Gasteiger partial charge is 0.313 e. The molecule has 1 fully saturated rings. The van der Waals surface area contributed by atoms with Crippen LogP contribution in [0.4, 0.5) is 13.2 Å². The van der Waals surface area contributed by atoms with Gasteiger partial charge in [0, 0.05) is 31.4 Å². The molecule has 2 heterocycles. The van der Waals surface area contributed by atoms with E-state index >= 15 is 0 Å². The first-order chi connectivity index (χ1) is 10.2. The highest BCUT2D eigenvalue weighted by Gasteiger charge is 2.34. The maximum atomic E-state index is 13.2. The van der Waals surface area contributed by atoms with E-state index in [9.17, 15) is 18.0 Å². The van der Waals surface area contributed by atoms with Gasteiger partial charge in [0.15, 0.2) is 0 Å². The van der Waals surface area contributed by atoms with Gasteiger partial charge in [0.25, 0.3) is 5.56 Å². The Morgan fingerprint density at radius 2 is 2.05 bits per heavy atom. The molecule has 1 saturated heterocycles. The van der Waals surface area contributed by atoms with E-state index in [0.717, 1.165) is 25.6 Å². The first kappa shape index (κ1) is 17.1. The van der Waals surface area contributed by atoms with E-state index in [-0.39, 0.29) is 11.6 Å². The number of pyridine rings is 1. The summed E-state index contributed by atoms with van der Waals surface area (Å²) in [5.74, 6) is 0.603. The van der Waals surface area contributed by atoms with Crippen LogP contribution in [-0.4, -0.2) is 29.1 Å². The number of aromatic nitrogens is 1. The highest BCUT2D eigenvalue weighted by atomic mass is 19.4. The largest absolute Gasteiger partial charge is 0.416 e. The molecule has 0 bridgehead atoms. The van der Waals surface area contributed by atoms with Crippen LogP contribution in [0, 0.1) is 5.92 Å². The van der Waals surface area contributed by atoms with Crippen LogP contribution in [0.25, 0.3) is 0 Å². The molecule has 22 heavy (non-hydrogen) atoms. The van der Waals surface area contributed by atoms with Crippen molar-refractivity contribution < 1.29 is 13.2 Å². The van der Waals surface area contributed by atoms with Crippen molar-refractivity contribution in [2.24, 2.45) is 5.92 Å². The van der Waals surface area contributed by atoms with E-state index in [4.69, 9.17) is 0 Å². The average Bonchev–Trinajstić information content (AvgIpc) is 2.81. The van der Waals surface area contributed by atoms with Crippen LogP contribution in [0.1, 0.15) is 44.4 Å². The molecule has 1 aliphatic heterocycles. The first-order valence-corrected chi connectivity index (χ1v) is 7.73. The molecule has 1 aromatic heterocycles. The zero-order valence-corrected chi connectivity index (χ0v) is 13.3. The SMILES string of the molecule is CC1CCN(CCc2cn(C(C)C)c(=O)cc2C(F)(F)F)C1. The number of likely N-dealkylation sites (tertiary alicyclic amines) is 1. The van der Waals surface area contributed by atoms with Crippen molar-refractivity contribution in [3.05, 3.63) is 33.7 Å². The second-order valence-electron chi connectivity index (χ2n) is 6.49. The van der Waals surface area contributed by atoms with Gasteiger partial charge in [0.05, 0.1) is 5.56 Å². The molecule has 6 heteroatoms. The standard InChI is InChI=1S/C16H23F3N2O/c1-11(2)21-10-13(5-7-20-6-4-12(3)9-20)14(8-15(21)22)16(17,18)19/h8,10-12H,4-7,9H2,1-3H3. The van der Waals surface area contributed by atoms with Crippen LogP contribution in [0.15, 0.2) is 17.1 Å². The summed E-state index contributed by atoms with van der Waals surface area (Å²) in [5.41, 5.74) is -1.18. The fourth-order valence-electron chi connectivity index (χ4n) is 2.97. The Bertz CT molecular complexity index is 578. The summed E-state index contributed by atoms with van der Waals surface area (Å²) >= 11 is 0. The normalized spacial score (nSPS) is 20.0. The summed E-state index contributed by atoms with van der Waals surface area (Å²) in [6.07, 6.45) is -1.69. The molecule has 0 aromatic carbocycles. The van der Waals surface area contributed by atoms with Crippen molar-refractivity contribution >= 4 is 0 Å². The van der Waals surface area contributed by atoms with Gasteiger partial charge in [-0.2, -0.15) is 13.2 Å². The third kappa shape index (κ3) is 3.91. The molecule has 1 aliphatic rings. The highest BCUT2D eigenvalue weighted by Crippen LogP contribution is 2.31. The lowest BCUT2D eigenvalue weighted by Crippen LogP contribution is -2.28. The lowest BCUT2D eigenvalue weighted by Gasteiger charge is -2.20. The summed E-state index contributed by atoms with van der Waals surface area (Å²) in [6, 6.07) is 0.586. The van der Waals surface area contributed by atoms with Crippen LogP contribution in [0.2, 0.25) is 0 Å². The van der Waals surface area contributed by atoms with Crippen LogP contribution in [0.3, 0.4) is 0 Å². The molecule has 1 aromatic rings. The van der Waals surface area contributed by atoms with Crippen molar-refractivity contribution in [1.82, 2.24) is 9.47 Å². The third-order valence-electron chi connectivity index (χ3n) is 4.23. The number of alkyl halides is 3. The Kier molecular flexibility index (Phi) is 5.00. The molecule has 0 radical (unpaired) electrons. The molecule has 0 saturated carbocycles. The van der Waals surface area contributed by atoms with Gasteiger partial charge < -0.3 is 9.47 Å². The van der Waals surface area contributed by atoms with E-state index in [1.807, 2.05) is 0 Å². The lowest BCUT2D eigenvalue weighted by molar-refractivity contribution is -0.138. The Hall–Kier alpha value is -1.30. The summed E-state index contributed by atoms with van der Waals surface area (Å²) < 4.78 is 40.9. The summed E-state index contributed by atoms with van der Waals surface area (Å²) in [7, 11) is 0. The van der Waals surface area contributed by atoms with Gasteiger partial charge in [-0.15, -0.1) is 0 Å². The molecule has 1 atom stereocenters. The van der Waals surface area contributed by atoms with Crippen molar-refractivity contribution in [3.63, 3.8) is 0 Å². The Morgan fingerprint density at radius 3 is 2.55 bits per heavy atom. The number of hydrogen-bond acceptors (Lipinski definition) is 2. The predicted molar refractivity (Wildman–Crippen MR) is 80.0 cm³/mol. The highest BCUT2D eigenvalue weighted by molar-refractivity contribution is 5.27. The van der Waals surface area contributed by atoms with Gasteiger partial charge >= 0.3 is 6.18 Å². The van der Waals surface area contributed by atoms with Gasteiger partial charge in [-0.3, -0.25) is 4.79 Å². The second-order valence-corrected chi connectivity index (χ2v) is 6.49. The molecule has 3 nitrogen and oxygen atoms in total. The summed E-state index contributed by atoms with van der Waals surface area (Å²) in [6.45, 7) is 8.21. The van der Waals surface area contributed by atoms with E-state index in [1.54, 1.807) is 13.8 Å². The molecule has 124 valence electrons. The summed E-state index contributed by atoms with van der Waals surface area (Å²) in [4.78, 5) is 14.0.